The first-order valence-corrected chi connectivity index (χ1v) is 5.68. The van der Waals surface area contributed by atoms with E-state index in [4.69, 9.17) is 0 Å². The highest BCUT2D eigenvalue weighted by Gasteiger charge is 2.14. The number of hydrogen-bond acceptors (Lipinski definition) is 4. The number of rotatable bonds is 2. The Morgan fingerprint density at radius 3 is 2.67 bits per heavy atom. The highest BCUT2D eigenvalue weighted by Crippen LogP contribution is 2.19. The van der Waals surface area contributed by atoms with Gasteiger partial charge in [-0.15, -0.1) is 5.10 Å². The van der Waals surface area contributed by atoms with Crippen molar-refractivity contribution in [3.63, 3.8) is 0 Å². The summed E-state index contributed by atoms with van der Waals surface area (Å²) in [6, 6.07) is 9.21. The number of para-hydroxylation sites is 1. The molecule has 1 heterocycles. The van der Waals surface area contributed by atoms with E-state index < -0.39 is 0 Å². The van der Waals surface area contributed by atoms with E-state index in [1.165, 1.54) is 0 Å². The molecule has 0 saturated heterocycles. The molecule has 0 radical (unpaired) electrons. The maximum Gasteiger partial charge on any atom is 0.278 e. The smallest absolute Gasteiger partial charge is 0.278 e. The molecule has 15 heavy (non-hydrogen) atoms. The number of hydrogen-bond donors (Lipinski definition) is 1. The summed E-state index contributed by atoms with van der Waals surface area (Å²) >= 11 is 4.35. The zero-order valence-electron chi connectivity index (χ0n) is 7.48. The van der Waals surface area contributed by atoms with Crippen LogP contribution < -0.4 is 5.32 Å². The van der Waals surface area contributed by atoms with Gasteiger partial charge in [0.15, 0.2) is 5.69 Å². The molecule has 0 aliphatic carbocycles. The number of aromatic nitrogens is 2. The van der Waals surface area contributed by atoms with E-state index in [9.17, 15) is 4.79 Å². The minimum atomic E-state index is -0.262. The van der Waals surface area contributed by atoms with E-state index in [-0.39, 0.29) is 5.91 Å². The van der Waals surface area contributed by atoms with Crippen LogP contribution in [0.3, 0.4) is 0 Å². The molecule has 0 fully saturated rings. The first-order valence-electron chi connectivity index (χ1n) is 4.11. The lowest BCUT2D eigenvalue weighted by molar-refractivity contribution is 0.102. The fraction of sp³-hybridized carbons (Fsp3) is 0. The molecule has 0 saturated carbocycles. The summed E-state index contributed by atoms with van der Waals surface area (Å²) in [7, 11) is 0. The Bertz CT molecular complexity index is 471. The van der Waals surface area contributed by atoms with Crippen LogP contribution in [0, 0.1) is 0 Å². The number of amides is 1. The molecule has 4 nitrogen and oxygen atoms in total. The van der Waals surface area contributed by atoms with Crippen molar-refractivity contribution >= 4 is 39.1 Å². The van der Waals surface area contributed by atoms with E-state index in [2.05, 4.69) is 30.8 Å². The molecule has 6 heteroatoms. The molecule has 0 unspecified atom stereocenters. The standard InChI is InChI=1S/C9H6BrN3OS/c10-8-7(12-13-15-8)9(14)11-6-4-2-1-3-5-6/h1-5H,(H,11,14). The summed E-state index contributed by atoms with van der Waals surface area (Å²) in [6.07, 6.45) is 0. The molecule has 76 valence electrons. The van der Waals surface area contributed by atoms with Crippen molar-refractivity contribution < 1.29 is 4.79 Å². The topological polar surface area (TPSA) is 54.9 Å². The van der Waals surface area contributed by atoms with Crippen molar-refractivity contribution in [2.45, 2.75) is 0 Å². The molecule has 1 aromatic carbocycles. The van der Waals surface area contributed by atoms with Crippen molar-refractivity contribution in [2.75, 3.05) is 5.32 Å². The van der Waals surface area contributed by atoms with Gasteiger partial charge in [-0.05, 0) is 39.6 Å². The van der Waals surface area contributed by atoms with E-state index in [0.29, 0.717) is 9.48 Å². The average Bonchev–Trinajstić information content (AvgIpc) is 2.66. The SMILES string of the molecule is O=C(Nc1ccccc1)c1nnsc1Br. The summed E-state index contributed by atoms with van der Waals surface area (Å²) in [6.45, 7) is 0. The number of nitrogens with zero attached hydrogens (tertiary/aromatic N) is 2. The molecule has 1 amide bonds. The molecule has 2 rings (SSSR count). The third-order valence-corrected chi connectivity index (χ3v) is 3.02. The van der Waals surface area contributed by atoms with Gasteiger partial charge in [-0.2, -0.15) is 0 Å². The monoisotopic (exact) mass is 283 g/mol. The van der Waals surface area contributed by atoms with Gasteiger partial charge in [0.1, 0.15) is 3.79 Å². The Morgan fingerprint density at radius 1 is 1.33 bits per heavy atom. The lowest BCUT2D eigenvalue weighted by Crippen LogP contribution is -2.12. The lowest BCUT2D eigenvalue weighted by Gasteiger charge is -2.01. The zero-order chi connectivity index (χ0) is 10.7. The third-order valence-electron chi connectivity index (χ3n) is 1.69. The Labute approximate surface area is 98.6 Å². The number of carbonyl (C=O) groups is 1. The quantitative estimate of drug-likeness (QED) is 0.922. The Kier molecular flexibility index (Phi) is 3.08. The maximum atomic E-state index is 11.7. The van der Waals surface area contributed by atoms with Gasteiger partial charge < -0.3 is 5.32 Å². The summed E-state index contributed by atoms with van der Waals surface area (Å²) in [5.74, 6) is -0.262. The van der Waals surface area contributed by atoms with Crippen LogP contribution in [0.25, 0.3) is 0 Å². The number of nitrogens with one attached hydrogen (secondary N) is 1. The maximum absolute atomic E-state index is 11.7. The minimum Gasteiger partial charge on any atom is -0.321 e. The molecular formula is C9H6BrN3OS. The molecule has 2 aromatic rings. The number of carbonyl (C=O) groups excluding carboxylic acids is 1. The second-order valence-electron chi connectivity index (χ2n) is 2.72. The number of benzene rings is 1. The molecule has 0 spiro atoms. The van der Waals surface area contributed by atoms with Crippen LogP contribution in [0.1, 0.15) is 10.5 Å². The van der Waals surface area contributed by atoms with Crippen LogP contribution in [0.15, 0.2) is 34.1 Å². The van der Waals surface area contributed by atoms with Gasteiger partial charge in [-0.25, -0.2) is 0 Å². The van der Waals surface area contributed by atoms with E-state index in [0.717, 1.165) is 17.2 Å². The summed E-state index contributed by atoms with van der Waals surface area (Å²) < 4.78 is 4.30. The Hall–Kier alpha value is -1.27. The van der Waals surface area contributed by atoms with E-state index >= 15 is 0 Å². The first kappa shape index (κ1) is 10.3. The minimum absolute atomic E-state index is 0.262. The van der Waals surface area contributed by atoms with Gasteiger partial charge in [-0.3, -0.25) is 4.79 Å². The molecule has 1 aromatic heterocycles. The third kappa shape index (κ3) is 2.40. The van der Waals surface area contributed by atoms with Crippen LogP contribution >= 0.6 is 27.5 Å². The number of anilines is 1. The van der Waals surface area contributed by atoms with Crippen molar-refractivity contribution in [2.24, 2.45) is 0 Å². The first-order chi connectivity index (χ1) is 7.27. The second kappa shape index (κ2) is 4.50. The van der Waals surface area contributed by atoms with Crippen LogP contribution in [0.2, 0.25) is 0 Å². The van der Waals surface area contributed by atoms with Crippen molar-refractivity contribution in [3.8, 4) is 0 Å². The van der Waals surface area contributed by atoms with E-state index in [1.807, 2.05) is 30.3 Å². The fourth-order valence-corrected chi connectivity index (χ4v) is 1.89. The van der Waals surface area contributed by atoms with Crippen molar-refractivity contribution in [3.05, 3.63) is 39.8 Å². The summed E-state index contributed by atoms with van der Waals surface area (Å²) in [5.41, 5.74) is 1.05. The number of halogens is 1. The van der Waals surface area contributed by atoms with Gasteiger partial charge in [-0.1, -0.05) is 22.7 Å². The summed E-state index contributed by atoms with van der Waals surface area (Å²) in [4.78, 5) is 11.7. The highest BCUT2D eigenvalue weighted by molar-refractivity contribution is 9.11. The zero-order valence-corrected chi connectivity index (χ0v) is 9.88. The average molecular weight is 284 g/mol. The van der Waals surface area contributed by atoms with Crippen molar-refractivity contribution in [1.82, 2.24) is 9.59 Å². The fourth-order valence-electron chi connectivity index (χ4n) is 1.03. The van der Waals surface area contributed by atoms with E-state index in [1.54, 1.807) is 0 Å². The molecule has 0 bridgehead atoms. The molecule has 0 atom stereocenters. The van der Waals surface area contributed by atoms with Crippen LogP contribution in [0.4, 0.5) is 5.69 Å². The lowest BCUT2D eigenvalue weighted by atomic mass is 10.3. The Morgan fingerprint density at radius 2 is 2.07 bits per heavy atom. The van der Waals surface area contributed by atoms with Gasteiger partial charge in [0.25, 0.3) is 5.91 Å². The molecule has 0 aliphatic rings. The molecule has 0 aliphatic heterocycles. The van der Waals surface area contributed by atoms with Gasteiger partial charge in [0, 0.05) is 5.69 Å². The largest absolute Gasteiger partial charge is 0.321 e. The van der Waals surface area contributed by atoms with Crippen LogP contribution in [-0.4, -0.2) is 15.5 Å². The Balaban J connectivity index is 2.15. The van der Waals surface area contributed by atoms with Gasteiger partial charge >= 0.3 is 0 Å². The van der Waals surface area contributed by atoms with Gasteiger partial charge in [0.05, 0.1) is 0 Å². The second-order valence-corrected chi connectivity index (χ2v) is 4.79. The van der Waals surface area contributed by atoms with Gasteiger partial charge in [0.2, 0.25) is 0 Å². The predicted octanol–water partition coefficient (Wildman–Crippen LogP) is 2.55. The normalized spacial score (nSPS) is 9.93. The molecule has 1 N–H and O–H groups in total. The summed E-state index contributed by atoms with van der Waals surface area (Å²) in [5, 5.41) is 6.44. The van der Waals surface area contributed by atoms with Crippen LogP contribution in [0.5, 0.6) is 0 Å². The molecular weight excluding hydrogens is 278 g/mol. The predicted molar refractivity (Wildman–Crippen MR) is 62.0 cm³/mol. The highest BCUT2D eigenvalue weighted by atomic mass is 79.9. The van der Waals surface area contributed by atoms with Crippen molar-refractivity contribution in [1.29, 1.82) is 0 Å². The van der Waals surface area contributed by atoms with Crippen LogP contribution in [-0.2, 0) is 0 Å².